The number of piperazine rings is 1. The lowest BCUT2D eigenvalue weighted by molar-refractivity contribution is -0.133. The Morgan fingerprint density at radius 3 is 2.56 bits per heavy atom. The molecule has 12 heteroatoms. The number of nitrogens with one attached hydrogen (secondary N) is 1. The fourth-order valence-electron chi connectivity index (χ4n) is 5.54. The van der Waals surface area contributed by atoms with Crippen LogP contribution in [0.3, 0.4) is 0 Å². The summed E-state index contributed by atoms with van der Waals surface area (Å²) in [4.78, 5) is 50.3. The van der Waals surface area contributed by atoms with Crippen molar-refractivity contribution in [2.75, 3.05) is 29.9 Å². The highest BCUT2D eigenvalue weighted by atomic mass is 19.3. The van der Waals surface area contributed by atoms with Gasteiger partial charge in [0.05, 0.1) is 18.2 Å². The summed E-state index contributed by atoms with van der Waals surface area (Å²) in [6, 6.07) is 13.3. The predicted octanol–water partition coefficient (Wildman–Crippen LogP) is 3.74. The molecule has 9 nitrogen and oxygen atoms in total. The predicted molar refractivity (Wildman–Crippen MR) is 152 cm³/mol. The normalized spacial score (nSPS) is 19.2. The largest absolute Gasteiger partial charge is 0.351 e. The first-order valence-corrected chi connectivity index (χ1v) is 13.7. The lowest BCUT2D eigenvalue weighted by Crippen LogP contribution is -2.63. The van der Waals surface area contributed by atoms with Crippen LogP contribution in [0.1, 0.15) is 35.6 Å². The van der Waals surface area contributed by atoms with Crippen molar-refractivity contribution >= 4 is 29.2 Å². The first kappa shape index (κ1) is 29.7. The highest BCUT2D eigenvalue weighted by Crippen LogP contribution is 2.39. The molecule has 2 heterocycles. The highest BCUT2D eigenvalue weighted by Gasteiger charge is 2.48. The maximum atomic E-state index is 14.7. The summed E-state index contributed by atoms with van der Waals surface area (Å²) < 4.78 is 42.0. The third-order valence-electron chi connectivity index (χ3n) is 7.63. The molecule has 1 saturated heterocycles. The van der Waals surface area contributed by atoms with Gasteiger partial charge in [0.25, 0.3) is 11.8 Å². The highest BCUT2D eigenvalue weighted by molar-refractivity contribution is 6.10. The molecule has 0 unspecified atom stereocenters. The van der Waals surface area contributed by atoms with Crippen LogP contribution in [0.5, 0.6) is 0 Å². The summed E-state index contributed by atoms with van der Waals surface area (Å²) in [5.74, 6) is -5.41. The molecule has 1 N–H and O–H groups in total. The molecule has 2 fully saturated rings. The van der Waals surface area contributed by atoms with Gasteiger partial charge in [-0.2, -0.15) is 5.26 Å². The van der Waals surface area contributed by atoms with Crippen LogP contribution in [-0.4, -0.2) is 65.7 Å². The second-order valence-electron chi connectivity index (χ2n) is 10.9. The number of aryl methyl sites for hydroxylation is 1. The van der Waals surface area contributed by atoms with Gasteiger partial charge in [-0.3, -0.25) is 29.1 Å². The standard InChI is InChI=1S/C31H29F3N6O3/c1-19-6-3-4-9-24(19)28(29(42)37-22-14-31(33,34)15-22)39(23-8-5-7-21(32)13-23)30(43)25-17-38(2)18-27(41)40(25)26-12-20(16-35)10-11-36-26/h3-13,22,25,28H,14-15,17-18H2,1-2H3,(H,37,42)/t25-,28-/m0/s1. The average Bonchev–Trinajstić information content (AvgIpc) is 2.94. The molecule has 3 amide bonds. The number of hydrogen-bond acceptors (Lipinski definition) is 6. The van der Waals surface area contributed by atoms with Gasteiger partial charge in [-0.25, -0.2) is 18.2 Å². The molecule has 222 valence electrons. The van der Waals surface area contributed by atoms with E-state index in [2.05, 4.69) is 10.3 Å². The number of pyridine rings is 1. The molecule has 2 aliphatic rings. The van der Waals surface area contributed by atoms with E-state index in [1.165, 1.54) is 41.4 Å². The second-order valence-corrected chi connectivity index (χ2v) is 10.9. The van der Waals surface area contributed by atoms with E-state index in [4.69, 9.17) is 0 Å². The van der Waals surface area contributed by atoms with Crippen molar-refractivity contribution in [3.8, 4) is 6.07 Å². The van der Waals surface area contributed by atoms with Crippen LogP contribution in [0.25, 0.3) is 0 Å². The van der Waals surface area contributed by atoms with E-state index in [9.17, 15) is 32.8 Å². The van der Waals surface area contributed by atoms with Crippen LogP contribution in [0, 0.1) is 24.1 Å². The third kappa shape index (κ3) is 6.22. The Morgan fingerprint density at radius 1 is 1.14 bits per heavy atom. The lowest BCUT2D eigenvalue weighted by Gasteiger charge is -2.43. The number of nitrogens with zero attached hydrogens (tertiary/aromatic N) is 5. The summed E-state index contributed by atoms with van der Waals surface area (Å²) >= 11 is 0. The fraction of sp³-hybridized carbons (Fsp3) is 0.323. The Balaban J connectivity index is 1.64. The number of halogens is 3. The minimum Gasteiger partial charge on any atom is -0.351 e. The molecule has 2 aromatic carbocycles. The van der Waals surface area contributed by atoms with E-state index < -0.39 is 60.4 Å². The van der Waals surface area contributed by atoms with Gasteiger partial charge in [0.2, 0.25) is 11.8 Å². The molecule has 1 aliphatic heterocycles. The Labute approximate surface area is 246 Å². The molecule has 1 aliphatic carbocycles. The fourth-order valence-corrected chi connectivity index (χ4v) is 5.54. The number of likely N-dealkylation sites (N-methyl/N-ethyl adjacent to an activating group) is 1. The summed E-state index contributed by atoms with van der Waals surface area (Å²) in [7, 11) is 1.66. The third-order valence-corrected chi connectivity index (χ3v) is 7.63. The van der Waals surface area contributed by atoms with Crippen molar-refractivity contribution in [1.29, 1.82) is 5.26 Å². The molecule has 0 bridgehead atoms. The number of amides is 3. The molecule has 0 radical (unpaired) electrons. The smallest absolute Gasteiger partial charge is 0.252 e. The number of rotatable bonds is 7. The van der Waals surface area contributed by atoms with E-state index in [-0.39, 0.29) is 30.2 Å². The van der Waals surface area contributed by atoms with Crippen LogP contribution < -0.4 is 15.1 Å². The van der Waals surface area contributed by atoms with Crippen molar-refractivity contribution in [3.05, 3.63) is 89.4 Å². The zero-order valence-corrected chi connectivity index (χ0v) is 23.5. The van der Waals surface area contributed by atoms with Gasteiger partial charge in [-0.1, -0.05) is 30.3 Å². The monoisotopic (exact) mass is 590 g/mol. The lowest BCUT2D eigenvalue weighted by atomic mass is 9.87. The maximum Gasteiger partial charge on any atom is 0.252 e. The second kappa shape index (κ2) is 11.9. The molecule has 3 aromatic rings. The molecule has 1 saturated carbocycles. The number of aromatic nitrogens is 1. The van der Waals surface area contributed by atoms with Crippen LogP contribution in [0.15, 0.2) is 66.9 Å². The van der Waals surface area contributed by atoms with Crippen LogP contribution in [0.2, 0.25) is 0 Å². The summed E-state index contributed by atoms with van der Waals surface area (Å²) in [6.45, 7) is 1.73. The molecular formula is C31H29F3N6O3. The number of benzene rings is 2. The van der Waals surface area contributed by atoms with Crippen LogP contribution in [-0.2, 0) is 14.4 Å². The molecule has 1 aromatic heterocycles. The average molecular weight is 591 g/mol. The van der Waals surface area contributed by atoms with Crippen molar-refractivity contribution in [2.45, 2.75) is 43.8 Å². The number of anilines is 2. The van der Waals surface area contributed by atoms with Gasteiger partial charge in [0.15, 0.2) is 0 Å². The van der Waals surface area contributed by atoms with E-state index in [0.717, 1.165) is 11.0 Å². The Kier molecular flexibility index (Phi) is 8.19. The SMILES string of the molecule is Cc1ccccc1[C@@H](C(=O)NC1CC(F)(F)C1)N(C(=O)[C@@H]1CN(C)CC(=O)N1c1cc(C#N)ccn1)c1cccc(F)c1. The Bertz CT molecular complexity index is 1600. The number of carbonyl (C=O) groups is 3. The van der Waals surface area contributed by atoms with Gasteiger partial charge >= 0.3 is 0 Å². The topological polar surface area (TPSA) is 110 Å². The maximum absolute atomic E-state index is 14.7. The zero-order valence-electron chi connectivity index (χ0n) is 23.5. The molecule has 5 rings (SSSR count). The Hall–Kier alpha value is -4.76. The number of carbonyl (C=O) groups excluding carboxylic acids is 3. The number of alkyl halides is 2. The van der Waals surface area contributed by atoms with Crippen molar-refractivity contribution < 1.29 is 27.6 Å². The minimum atomic E-state index is -2.90. The van der Waals surface area contributed by atoms with Gasteiger partial charge < -0.3 is 5.32 Å². The number of hydrogen-bond donors (Lipinski definition) is 1. The van der Waals surface area contributed by atoms with Crippen LogP contribution in [0.4, 0.5) is 24.7 Å². The molecule has 43 heavy (non-hydrogen) atoms. The first-order valence-electron chi connectivity index (χ1n) is 13.7. The Morgan fingerprint density at radius 2 is 1.88 bits per heavy atom. The van der Waals surface area contributed by atoms with Crippen molar-refractivity contribution in [1.82, 2.24) is 15.2 Å². The first-order chi connectivity index (χ1) is 20.5. The quantitative estimate of drug-likeness (QED) is 0.449. The molecule has 2 atom stereocenters. The summed E-state index contributed by atoms with van der Waals surface area (Å²) in [6.07, 6.45) is 0.275. The number of nitriles is 1. The molecular weight excluding hydrogens is 561 g/mol. The summed E-state index contributed by atoms with van der Waals surface area (Å²) in [5, 5.41) is 12.1. The van der Waals surface area contributed by atoms with E-state index in [0.29, 0.717) is 11.1 Å². The van der Waals surface area contributed by atoms with Gasteiger partial charge in [0.1, 0.15) is 23.7 Å². The summed E-state index contributed by atoms with van der Waals surface area (Å²) in [5.41, 5.74) is 1.29. The van der Waals surface area contributed by atoms with Gasteiger partial charge in [-0.15, -0.1) is 0 Å². The van der Waals surface area contributed by atoms with E-state index >= 15 is 0 Å². The van der Waals surface area contributed by atoms with Gasteiger partial charge in [0, 0.05) is 37.3 Å². The molecule has 0 spiro atoms. The van der Waals surface area contributed by atoms with Crippen molar-refractivity contribution in [3.63, 3.8) is 0 Å². The van der Waals surface area contributed by atoms with Gasteiger partial charge in [-0.05, 0) is 55.4 Å². The zero-order chi connectivity index (χ0) is 30.9. The minimum absolute atomic E-state index is 0.0335. The van der Waals surface area contributed by atoms with E-state index in [1.54, 1.807) is 43.1 Å². The van der Waals surface area contributed by atoms with Crippen LogP contribution >= 0.6 is 0 Å². The van der Waals surface area contributed by atoms with E-state index in [1.807, 2.05) is 6.07 Å². The van der Waals surface area contributed by atoms with Crippen molar-refractivity contribution in [2.24, 2.45) is 0 Å².